The molecule has 1 amide bonds. The first-order valence-corrected chi connectivity index (χ1v) is 9.65. The molecule has 0 saturated carbocycles. The Bertz CT molecular complexity index is 964. The highest BCUT2D eigenvalue weighted by Gasteiger charge is 2.12. The zero-order chi connectivity index (χ0) is 18.8. The van der Waals surface area contributed by atoms with Gasteiger partial charge in [-0.15, -0.1) is 0 Å². The molecule has 3 aromatic rings. The number of nitrogens with zero attached hydrogens (tertiary/aromatic N) is 2. The highest BCUT2D eigenvalue weighted by Crippen LogP contribution is 2.22. The van der Waals surface area contributed by atoms with Crippen molar-refractivity contribution in [3.8, 4) is 0 Å². The monoisotopic (exact) mass is 479 g/mol. The summed E-state index contributed by atoms with van der Waals surface area (Å²) in [7, 11) is 1.96. The average molecular weight is 480 g/mol. The van der Waals surface area contributed by atoms with Gasteiger partial charge in [0.25, 0.3) is 5.91 Å². The minimum atomic E-state index is -0.208. The maximum absolute atomic E-state index is 12.4. The number of amides is 1. The van der Waals surface area contributed by atoms with Crippen LogP contribution in [0.15, 0.2) is 42.5 Å². The number of aryl methyl sites for hydroxylation is 2. The van der Waals surface area contributed by atoms with E-state index in [2.05, 4.69) is 39.9 Å². The van der Waals surface area contributed by atoms with Gasteiger partial charge in [-0.3, -0.25) is 9.48 Å². The fourth-order valence-corrected chi connectivity index (χ4v) is 3.55. The number of carbonyl (C=O) groups excluding carboxylic acids is 1. The van der Waals surface area contributed by atoms with Crippen LogP contribution in [-0.2, 0) is 13.5 Å². The smallest absolute Gasteiger partial charge is 0.257 e. The summed E-state index contributed by atoms with van der Waals surface area (Å²) in [4.78, 5) is 12.4. The Hall–Kier alpha value is -1.86. The molecule has 0 saturated heterocycles. The third-order valence-electron chi connectivity index (χ3n) is 4.42. The maximum Gasteiger partial charge on any atom is 0.257 e. The highest BCUT2D eigenvalue weighted by atomic mass is 127. The van der Waals surface area contributed by atoms with Crippen LogP contribution >= 0.6 is 34.2 Å². The summed E-state index contributed by atoms with van der Waals surface area (Å²) in [5, 5.41) is 7.81. The minimum Gasteiger partial charge on any atom is -0.322 e. The van der Waals surface area contributed by atoms with Crippen LogP contribution in [0.3, 0.4) is 0 Å². The third kappa shape index (κ3) is 4.10. The van der Waals surface area contributed by atoms with Crippen molar-refractivity contribution in [2.24, 2.45) is 7.05 Å². The number of nitrogens with one attached hydrogen (secondary N) is 1. The Balaban J connectivity index is 1.73. The molecular formula is C20H19ClIN3O. The Morgan fingerprint density at radius 3 is 2.50 bits per heavy atom. The summed E-state index contributed by atoms with van der Waals surface area (Å²) in [6.07, 6.45) is 0.822. The van der Waals surface area contributed by atoms with Gasteiger partial charge in [0.2, 0.25) is 0 Å². The van der Waals surface area contributed by atoms with Crippen LogP contribution in [0.1, 0.15) is 32.9 Å². The molecule has 4 nitrogen and oxygen atoms in total. The summed E-state index contributed by atoms with van der Waals surface area (Å²) in [5.74, 6) is -0.208. The molecular weight excluding hydrogens is 461 g/mol. The molecule has 0 atom stereocenters. The van der Waals surface area contributed by atoms with E-state index in [0.717, 1.165) is 21.4 Å². The van der Waals surface area contributed by atoms with E-state index in [-0.39, 0.29) is 5.91 Å². The predicted octanol–water partition coefficient (Wildman–Crippen LogP) is 5.14. The molecule has 0 radical (unpaired) electrons. The molecule has 6 heteroatoms. The van der Waals surface area contributed by atoms with Crippen molar-refractivity contribution >= 4 is 45.8 Å². The fraction of sp³-hybridized carbons (Fsp3) is 0.200. The molecule has 0 aliphatic heterocycles. The van der Waals surface area contributed by atoms with E-state index in [0.29, 0.717) is 10.6 Å². The summed E-state index contributed by atoms with van der Waals surface area (Å²) in [6.45, 7) is 4.11. The van der Waals surface area contributed by atoms with Crippen LogP contribution in [0, 0.1) is 17.4 Å². The summed E-state index contributed by atoms with van der Waals surface area (Å²) in [6, 6.07) is 13.3. The van der Waals surface area contributed by atoms with Crippen LogP contribution in [0.25, 0.3) is 0 Å². The number of benzene rings is 2. The van der Waals surface area contributed by atoms with Gasteiger partial charge in [0.15, 0.2) is 0 Å². The van der Waals surface area contributed by atoms with Gasteiger partial charge in [0.1, 0.15) is 0 Å². The largest absolute Gasteiger partial charge is 0.322 e. The molecule has 1 N–H and O–H groups in total. The molecule has 0 spiro atoms. The Morgan fingerprint density at radius 2 is 1.88 bits per heavy atom. The van der Waals surface area contributed by atoms with Gasteiger partial charge in [-0.1, -0.05) is 23.7 Å². The first-order valence-electron chi connectivity index (χ1n) is 8.19. The lowest BCUT2D eigenvalue weighted by Gasteiger charge is -2.09. The van der Waals surface area contributed by atoms with E-state index in [9.17, 15) is 4.79 Å². The zero-order valence-electron chi connectivity index (χ0n) is 14.8. The van der Waals surface area contributed by atoms with Crippen LogP contribution < -0.4 is 5.32 Å². The van der Waals surface area contributed by atoms with Gasteiger partial charge in [0.05, 0.1) is 16.3 Å². The lowest BCUT2D eigenvalue weighted by Crippen LogP contribution is -2.12. The van der Waals surface area contributed by atoms with Crippen molar-refractivity contribution in [2.75, 3.05) is 5.32 Å². The second-order valence-corrected chi connectivity index (χ2v) is 7.88. The molecule has 0 fully saturated rings. The Morgan fingerprint density at radius 1 is 1.19 bits per heavy atom. The molecule has 26 heavy (non-hydrogen) atoms. The van der Waals surface area contributed by atoms with Gasteiger partial charge in [0, 0.05) is 34.0 Å². The lowest BCUT2D eigenvalue weighted by molar-refractivity contribution is 0.102. The molecule has 0 bridgehead atoms. The number of halogens is 2. The first-order chi connectivity index (χ1) is 12.3. The van der Waals surface area contributed by atoms with E-state index in [1.54, 1.807) is 12.1 Å². The van der Waals surface area contributed by atoms with Crippen LogP contribution in [0.5, 0.6) is 0 Å². The van der Waals surface area contributed by atoms with Crippen LogP contribution in [0.2, 0.25) is 5.02 Å². The second kappa shape index (κ2) is 7.80. The number of anilines is 1. The number of hydrogen-bond donors (Lipinski definition) is 1. The van der Waals surface area contributed by atoms with Gasteiger partial charge >= 0.3 is 0 Å². The Labute approximate surface area is 171 Å². The zero-order valence-corrected chi connectivity index (χ0v) is 17.7. The SMILES string of the molecule is Cc1nn(C)c(C)c1Cc1ccc(NC(=O)c2cc(I)ccc2Cl)cc1. The Kier molecular flexibility index (Phi) is 5.67. The summed E-state index contributed by atoms with van der Waals surface area (Å²) >= 11 is 8.30. The van der Waals surface area contributed by atoms with Crippen molar-refractivity contribution in [1.29, 1.82) is 0 Å². The lowest BCUT2D eigenvalue weighted by atomic mass is 10.0. The van der Waals surface area contributed by atoms with Gasteiger partial charge < -0.3 is 5.32 Å². The average Bonchev–Trinajstić information content (AvgIpc) is 2.85. The number of hydrogen-bond acceptors (Lipinski definition) is 2. The summed E-state index contributed by atoms with van der Waals surface area (Å²) < 4.78 is 2.87. The highest BCUT2D eigenvalue weighted by molar-refractivity contribution is 14.1. The first kappa shape index (κ1) is 18.9. The fourth-order valence-electron chi connectivity index (χ4n) is 2.85. The van der Waals surface area contributed by atoms with Crippen molar-refractivity contribution in [2.45, 2.75) is 20.3 Å². The van der Waals surface area contributed by atoms with E-state index in [1.807, 2.05) is 49.0 Å². The molecule has 134 valence electrons. The molecule has 0 aliphatic carbocycles. The molecule has 0 aliphatic rings. The summed E-state index contributed by atoms with van der Waals surface area (Å²) in [5.41, 5.74) is 5.87. The molecule has 1 heterocycles. The molecule has 2 aromatic carbocycles. The normalized spacial score (nSPS) is 10.8. The minimum absolute atomic E-state index is 0.208. The van der Waals surface area contributed by atoms with Crippen molar-refractivity contribution in [3.05, 3.63) is 79.1 Å². The quantitative estimate of drug-likeness (QED) is 0.527. The predicted molar refractivity (Wildman–Crippen MR) is 114 cm³/mol. The maximum atomic E-state index is 12.4. The van der Waals surface area contributed by atoms with Crippen molar-refractivity contribution in [1.82, 2.24) is 9.78 Å². The van der Waals surface area contributed by atoms with Crippen LogP contribution in [0.4, 0.5) is 5.69 Å². The molecule has 1 aromatic heterocycles. The topological polar surface area (TPSA) is 46.9 Å². The number of carbonyl (C=O) groups is 1. The van der Waals surface area contributed by atoms with E-state index in [4.69, 9.17) is 11.6 Å². The third-order valence-corrected chi connectivity index (χ3v) is 5.43. The van der Waals surface area contributed by atoms with Crippen molar-refractivity contribution < 1.29 is 4.79 Å². The molecule has 0 unspecified atom stereocenters. The van der Waals surface area contributed by atoms with E-state index < -0.39 is 0 Å². The molecule has 3 rings (SSSR count). The van der Waals surface area contributed by atoms with Gasteiger partial charge in [-0.2, -0.15) is 5.10 Å². The standard InChI is InChI=1S/C20H19ClIN3O/c1-12-17(13(2)25(3)24-12)10-14-4-7-16(8-5-14)23-20(26)18-11-15(22)6-9-19(18)21/h4-9,11H,10H2,1-3H3,(H,23,26). The number of rotatable bonds is 4. The van der Waals surface area contributed by atoms with Gasteiger partial charge in [-0.05, 0) is 72.3 Å². The van der Waals surface area contributed by atoms with E-state index >= 15 is 0 Å². The van der Waals surface area contributed by atoms with E-state index in [1.165, 1.54) is 16.8 Å². The second-order valence-electron chi connectivity index (χ2n) is 6.22. The van der Waals surface area contributed by atoms with Gasteiger partial charge in [-0.25, -0.2) is 0 Å². The number of aromatic nitrogens is 2. The van der Waals surface area contributed by atoms with Crippen LogP contribution in [-0.4, -0.2) is 15.7 Å². The van der Waals surface area contributed by atoms with Crippen molar-refractivity contribution in [3.63, 3.8) is 0 Å².